The Morgan fingerprint density at radius 1 is 1.22 bits per heavy atom. The van der Waals surface area contributed by atoms with Crippen LogP contribution in [0.25, 0.3) is 0 Å². The Morgan fingerprint density at radius 3 is 2.39 bits per heavy atom. The van der Waals surface area contributed by atoms with E-state index in [0.29, 0.717) is 25.7 Å². The van der Waals surface area contributed by atoms with Crippen LogP contribution in [0.1, 0.15) is 33.6 Å². The first kappa shape index (κ1) is 17.6. The summed E-state index contributed by atoms with van der Waals surface area (Å²) in [7, 11) is 1.72. The van der Waals surface area contributed by atoms with Crippen LogP contribution in [0.4, 0.5) is 0 Å². The summed E-state index contributed by atoms with van der Waals surface area (Å²) in [5, 5.41) is 6.11. The van der Waals surface area contributed by atoms with Gasteiger partial charge in [0.2, 0.25) is 11.8 Å². The van der Waals surface area contributed by atoms with Gasteiger partial charge in [0, 0.05) is 44.7 Å². The van der Waals surface area contributed by atoms with E-state index >= 15 is 0 Å². The summed E-state index contributed by atoms with van der Waals surface area (Å²) in [5.41, 5.74) is -0.382. The van der Waals surface area contributed by atoms with Gasteiger partial charge in [-0.15, -0.1) is 0 Å². The van der Waals surface area contributed by atoms with Gasteiger partial charge < -0.3 is 20.4 Å². The first-order valence-electron chi connectivity index (χ1n) is 8.36. The topological polar surface area (TPSA) is 77.0 Å². The Balaban J connectivity index is 1.73. The molecule has 2 amide bonds. The predicted octanol–water partition coefficient (Wildman–Crippen LogP) is 0.0307. The normalized spacial score (nSPS) is 19.8. The van der Waals surface area contributed by atoms with Crippen molar-refractivity contribution in [2.24, 2.45) is 10.4 Å². The van der Waals surface area contributed by atoms with Crippen molar-refractivity contribution in [2.45, 2.75) is 39.7 Å². The lowest BCUT2D eigenvalue weighted by Gasteiger charge is -2.36. The summed E-state index contributed by atoms with van der Waals surface area (Å²) in [5.74, 6) is 0.934. The summed E-state index contributed by atoms with van der Waals surface area (Å²) < 4.78 is 0. The molecule has 2 aliphatic rings. The number of piperazine rings is 1. The molecule has 0 aromatic rings. The van der Waals surface area contributed by atoms with Crippen LogP contribution in [0.3, 0.4) is 0 Å². The van der Waals surface area contributed by atoms with Crippen molar-refractivity contribution < 1.29 is 9.59 Å². The van der Waals surface area contributed by atoms with Gasteiger partial charge in [-0.2, -0.15) is 0 Å². The molecule has 1 aliphatic carbocycles. The molecule has 23 heavy (non-hydrogen) atoms. The number of hydrogen-bond donors (Lipinski definition) is 2. The molecule has 7 nitrogen and oxygen atoms in total. The molecule has 0 aromatic carbocycles. The zero-order valence-electron chi connectivity index (χ0n) is 14.7. The Labute approximate surface area is 138 Å². The molecule has 7 heteroatoms. The van der Waals surface area contributed by atoms with E-state index in [0.717, 1.165) is 31.9 Å². The van der Waals surface area contributed by atoms with Crippen LogP contribution in [-0.2, 0) is 9.59 Å². The lowest BCUT2D eigenvalue weighted by molar-refractivity contribution is -0.135. The van der Waals surface area contributed by atoms with Crippen molar-refractivity contribution >= 4 is 17.8 Å². The number of guanidine groups is 1. The molecule has 2 rings (SSSR count). The van der Waals surface area contributed by atoms with E-state index in [9.17, 15) is 9.59 Å². The predicted molar refractivity (Wildman–Crippen MR) is 90.1 cm³/mol. The second kappa shape index (κ2) is 7.19. The zero-order valence-corrected chi connectivity index (χ0v) is 14.7. The third kappa shape index (κ3) is 4.84. The molecule has 1 aliphatic heterocycles. The van der Waals surface area contributed by atoms with E-state index < -0.39 is 0 Å². The number of rotatable bonds is 4. The van der Waals surface area contributed by atoms with Gasteiger partial charge in [-0.05, 0) is 12.8 Å². The molecule has 1 saturated carbocycles. The molecule has 0 atom stereocenters. The van der Waals surface area contributed by atoms with Gasteiger partial charge in [-0.3, -0.25) is 14.6 Å². The fourth-order valence-corrected chi connectivity index (χ4v) is 2.59. The summed E-state index contributed by atoms with van der Waals surface area (Å²) >= 11 is 0. The number of hydrogen-bond acceptors (Lipinski definition) is 3. The van der Waals surface area contributed by atoms with Gasteiger partial charge in [0.25, 0.3) is 0 Å². The molecular formula is C16H29N5O2. The Hall–Kier alpha value is -1.79. The first-order chi connectivity index (χ1) is 10.8. The highest BCUT2D eigenvalue weighted by atomic mass is 16.2. The summed E-state index contributed by atoms with van der Waals surface area (Å²) in [6, 6.07) is 0.479. The minimum Gasteiger partial charge on any atom is -0.354 e. The first-order valence-corrected chi connectivity index (χ1v) is 8.36. The standard InChI is InChI=1S/C16H29N5O2/c1-16(2,3)14(23)18-7-8-19-15(17-4)20-9-10-21(12-5-6-12)13(22)11-20/h12H,5-11H2,1-4H3,(H,17,19)(H,18,23). The van der Waals surface area contributed by atoms with Crippen LogP contribution < -0.4 is 10.6 Å². The second-order valence-electron chi connectivity index (χ2n) is 7.22. The maximum absolute atomic E-state index is 12.2. The number of nitrogens with one attached hydrogen (secondary N) is 2. The molecule has 0 radical (unpaired) electrons. The number of amides is 2. The molecule has 0 bridgehead atoms. The van der Waals surface area contributed by atoms with Gasteiger partial charge in [0.15, 0.2) is 5.96 Å². The molecule has 1 heterocycles. The highest BCUT2D eigenvalue weighted by molar-refractivity contribution is 5.88. The molecule has 0 unspecified atom stereocenters. The molecule has 1 saturated heterocycles. The fraction of sp³-hybridized carbons (Fsp3) is 0.812. The maximum Gasteiger partial charge on any atom is 0.242 e. The van der Waals surface area contributed by atoms with Crippen molar-refractivity contribution in [3.05, 3.63) is 0 Å². The van der Waals surface area contributed by atoms with Crippen LogP contribution in [0.2, 0.25) is 0 Å². The van der Waals surface area contributed by atoms with Crippen LogP contribution in [-0.4, -0.2) is 73.4 Å². The quantitative estimate of drug-likeness (QED) is 0.435. The number of aliphatic imine (C=N–C) groups is 1. The largest absolute Gasteiger partial charge is 0.354 e. The van der Waals surface area contributed by atoms with Gasteiger partial charge in [-0.25, -0.2) is 0 Å². The Morgan fingerprint density at radius 2 is 1.87 bits per heavy atom. The minimum absolute atomic E-state index is 0.0301. The summed E-state index contributed by atoms with van der Waals surface area (Å²) in [4.78, 5) is 32.2. The van der Waals surface area contributed by atoms with Gasteiger partial charge in [-0.1, -0.05) is 20.8 Å². The third-order valence-electron chi connectivity index (χ3n) is 4.13. The number of carbonyl (C=O) groups is 2. The summed E-state index contributed by atoms with van der Waals surface area (Å²) in [6.45, 7) is 8.74. The van der Waals surface area contributed by atoms with Gasteiger partial charge in [0.1, 0.15) is 0 Å². The van der Waals surface area contributed by atoms with E-state index in [4.69, 9.17) is 0 Å². The van der Waals surface area contributed by atoms with E-state index in [2.05, 4.69) is 15.6 Å². The van der Waals surface area contributed by atoms with Gasteiger partial charge in [0.05, 0.1) is 6.54 Å². The minimum atomic E-state index is -0.382. The van der Waals surface area contributed by atoms with Crippen LogP contribution >= 0.6 is 0 Å². The van der Waals surface area contributed by atoms with Crippen molar-refractivity contribution in [3.8, 4) is 0 Å². The van der Waals surface area contributed by atoms with Crippen LogP contribution in [0, 0.1) is 5.41 Å². The average molecular weight is 323 g/mol. The van der Waals surface area contributed by atoms with E-state index in [1.165, 1.54) is 0 Å². The monoisotopic (exact) mass is 323 g/mol. The highest BCUT2D eigenvalue weighted by Gasteiger charge is 2.36. The Kier molecular flexibility index (Phi) is 5.49. The number of nitrogens with zero attached hydrogens (tertiary/aromatic N) is 3. The Bertz CT molecular complexity index is 479. The molecule has 0 aromatic heterocycles. The lowest BCUT2D eigenvalue weighted by atomic mass is 9.96. The van der Waals surface area contributed by atoms with Crippen molar-refractivity contribution in [2.75, 3.05) is 39.8 Å². The van der Waals surface area contributed by atoms with Crippen molar-refractivity contribution in [3.63, 3.8) is 0 Å². The van der Waals surface area contributed by atoms with Crippen molar-refractivity contribution in [1.82, 2.24) is 20.4 Å². The molecule has 2 N–H and O–H groups in total. The lowest BCUT2D eigenvalue weighted by Crippen LogP contribution is -2.56. The van der Waals surface area contributed by atoms with Crippen molar-refractivity contribution in [1.29, 1.82) is 0 Å². The summed E-state index contributed by atoms with van der Waals surface area (Å²) in [6.07, 6.45) is 2.29. The zero-order chi connectivity index (χ0) is 17.0. The third-order valence-corrected chi connectivity index (χ3v) is 4.13. The van der Waals surface area contributed by atoms with E-state index in [1.807, 2.05) is 30.6 Å². The highest BCUT2D eigenvalue weighted by Crippen LogP contribution is 2.27. The number of carbonyl (C=O) groups excluding carboxylic acids is 2. The molecule has 0 spiro atoms. The fourth-order valence-electron chi connectivity index (χ4n) is 2.59. The smallest absolute Gasteiger partial charge is 0.242 e. The second-order valence-corrected chi connectivity index (χ2v) is 7.22. The SMILES string of the molecule is CN=C(NCCNC(=O)C(C)(C)C)N1CCN(C2CC2)C(=O)C1. The van der Waals surface area contributed by atoms with E-state index in [-0.39, 0.29) is 17.2 Å². The van der Waals surface area contributed by atoms with Crippen LogP contribution in [0.15, 0.2) is 4.99 Å². The molecular weight excluding hydrogens is 294 g/mol. The average Bonchev–Trinajstić information content (AvgIpc) is 3.30. The molecule has 130 valence electrons. The van der Waals surface area contributed by atoms with Gasteiger partial charge >= 0.3 is 0 Å². The van der Waals surface area contributed by atoms with E-state index in [1.54, 1.807) is 7.05 Å². The molecule has 2 fully saturated rings. The van der Waals surface area contributed by atoms with Crippen LogP contribution in [0.5, 0.6) is 0 Å². The maximum atomic E-state index is 12.2.